The SMILES string of the molecule is O=C(Nc1ccnc(C(F)(F)F)c1)c1cnn(-c2ccnc3c(=O)[nH]ccc23)c1C(F)(F)F. The number of carbonyl (C=O) groups excluding carboxylic acids is 1. The molecular weight excluding hydrogens is 458 g/mol. The molecule has 14 heteroatoms. The minimum Gasteiger partial charge on any atom is -0.327 e. The van der Waals surface area contributed by atoms with Crippen LogP contribution in [0.5, 0.6) is 0 Å². The standard InChI is InChI=1S/C19H10F6N6O2/c20-18(21,22)13-7-9(1-4-26-13)30-16(32)11-8-29-31(15(11)19(23,24)25)12-3-6-27-14-10(12)2-5-28-17(14)33/h1-8H,(H,28,33)(H,26,30,32). The number of H-pyrrole nitrogens is 1. The Morgan fingerprint density at radius 3 is 2.42 bits per heavy atom. The molecule has 170 valence electrons. The summed E-state index contributed by atoms with van der Waals surface area (Å²) in [7, 11) is 0. The van der Waals surface area contributed by atoms with Gasteiger partial charge in [-0.3, -0.25) is 19.6 Å². The van der Waals surface area contributed by atoms with Crippen molar-refractivity contribution < 1.29 is 31.1 Å². The number of amides is 1. The van der Waals surface area contributed by atoms with Crippen LogP contribution < -0.4 is 10.9 Å². The second-order valence-electron chi connectivity index (χ2n) is 6.60. The lowest BCUT2D eigenvalue weighted by Gasteiger charge is -2.14. The maximum Gasteiger partial charge on any atom is 0.434 e. The number of hydrogen-bond donors (Lipinski definition) is 2. The Morgan fingerprint density at radius 1 is 1.00 bits per heavy atom. The van der Waals surface area contributed by atoms with Crippen molar-refractivity contribution in [2.45, 2.75) is 12.4 Å². The van der Waals surface area contributed by atoms with Crippen LogP contribution in [-0.2, 0) is 12.4 Å². The van der Waals surface area contributed by atoms with E-state index in [-0.39, 0.29) is 16.6 Å². The Hall–Kier alpha value is -4.23. The van der Waals surface area contributed by atoms with Gasteiger partial charge >= 0.3 is 12.4 Å². The van der Waals surface area contributed by atoms with Gasteiger partial charge in [0.25, 0.3) is 11.5 Å². The Bertz CT molecular complexity index is 1420. The molecule has 4 aromatic rings. The van der Waals surface area contributed by atoms with Gasteiger partial charge in [-0.1, -0.05) is 0 Å². The van der Waals surface area contributed by atoms with Crippen molar-refractivity contribution >= 4 is 22.5 Å². The van der Waals surface area contributed by atoms with Crippen molar-refractivity contribution in [2.75, 3.05) is 5.32 Å². The number of nitrogens with one attached hydrogen (secondary N) is 2. The average Bonchev–Trinajstić information content (AvgIpc) is 3.19. The summed E-state index contributed by atoms with van der Waals surface area (Å²) >= 11 is 0. The highest BCUT2D eigenvalue weighted by molar-refractivity contribution is 6.05. The number of alkyl halides is 6. The van der Waals surface area contributed by atoms with Crippen LogP contribution in [0.1, 0.15) is 21.7 Å². The average molecular weight is 468 g/mol. The number of nitrogens with zero attached hydrogens (tertiary/aromatic N) is 4. The number of aromatic amines is 1. The third-order valence-corrected chi connectivity index (χ3v) is 4.47. The first-order valence-electron chi connectivity index (χ1n) is 8.93. The summed E-state index contributed by atoms with van der Waals surface area (Å²) in [6, 6.07) is 3.96. The minimum atomic E-state index is -5.09. The first-order chi connectivity index (χ1) is 15.5. The third kappa shape index (κ3) is 4.14. The molecule has 0 aliphatic heterocycles. The van der Waals surface area contributed by atoms with Crippen molar-refractivity contribution in [3.8, 4) is 5.69 Å². The number of aromatic nitrogens is 5. The van der Waals surface area contributed by atoms with E-state index in [1.54, 1.807) is 0 Å². The molecule has 0 bridgehead atoms. The first-order valence-corrected chi connectivity index (χ1v) is 8.93. The molecule has 4 heterocycles. The van der Waals surface area contributed by atoms with Gasteiger partial charge in [0, 0.05) is 29.7 Å². The molecule has 2 N–H and O–H groups in total. The van der Waals surface area contributed by atoms with E-state index in [1.807, 2.05) is 5.32 Å². The number of anilines is 1. The monoisotopic (exact) mass is 468 g/mol. The Kier molecular flexibility index (Phi) is 5.14. The molecule has 0 atom stereocenters. The maximum atomic E-state index is 13.9. The summed E-state index contributed by atoms with van der Waals surface area (Å²) in [5, 5.41) is 5.68. The van der Waals surface area contributed by atoms with Crippen LogP contribution in [0.25, 0.3) is 16.6 Å². The number of rotatable bonds is 3. The summed E-state index contributed by atoms with van der Waals surface area (Å²) < 4.78 is 80.7. The number of hydrogen-bond acceptors (Lipinski definition) is 5. The third-order valence-electron chi connectivity index (χ3n) is 4.47. The lowest BCUT2D eigenvalue weighted by Crippen LogP contribution is -2.21. The predicted octanol–water partition coefficient (Wildman–Crippen LogP) is 3.79. The van der Waals surface area contributed by atoms with Gasteiger partial charge in [0.05, 0.1) is 17.4 Å². The van der Waals surface area contributed by atoms with Gasteiger partial charge in [-0.25, -0.2) is 4.68 Å². The maximum absolute atomic E-state index is 13.9. The fraction of sp³-hybridized carbons (Fsp3) is 0.105. The zero-order valence-electron chi connectivity index (χ0n) is 16.0. The Morgan fingerprint density at radius 2 is 1.73 bits per heavy atom. The van der Waals surface area contributed by atoms with Gasteiger partial charge in [0.2, 0.25) is 0 Å². The molecule has 0 fully saturated rings. The molecule has 4 aromatic heterocycles. The summed E-state index contributed by atoms with van der Waals surface area (Å²) in [6.45, 7) is 0. The van der Waals surface area contributed by atoms with Crippen molar-refractivity contribution in [1.82, 2.24) is 24.7 Å². The molecule has 0 aliphatic rings. The highest BCUT2D eigenvalue weighted by Crippen LogP contribution is 2.35. The van der Waals surface area contributed by atoms with E-state index in [9.17, 15) is 35.9 Å². The van der Waals surface area contributed by atoms with Crippen molar-refractivity contribution in [3.63, 3.8) is 0 Å². The van der Waals surface area contributed by atoms with Crippen molar-refractivity contribution in [1.29, 1.82) is 0 Å². The number of halogens is 6. The molecule has 0 aromatic carbocycles. The zero-order valence-corrected chi connectivity index (χ0v) is 16.0. The molecule has 0 saturated heterocycles. The van der Waals surface area contributed by atoms with Crippen LogP contribution in [0.3, 0.4) is 0 Å². The number of pyridine rings is 3. The normalized spacial score (nSPS) is 12.2. The summed E-state index contributed by atoms with van der Waals surface area (Å²) in [5.74, 6) is -1.34. The fourth-order valence-corrected chi connectivity index (χ4v) is 3.09. The minimum absolute atomic E-state index is 0.0331. The fourth-order valence-electron chi connectivity index (χ4n) is 3.09. The summed E-state index contributed by atoms with van der Waals surface area (Å²) in [4.78, 5) is 33.8. The number of fused-ring (bicyclic) bond motifs is 1. The predicted molar refractivity (Wildman–Crippen MR) is 102 cm³/mol. The zero-order chi connectivity index (χ0) is 24.0. The molecule has 0 radical (unpaired) electrons. The molecule has 33 heavy (non-hydrogen) atoms. The van der Waals surface area contributed by atoms with Crippen LogP contribution in [-0.4, -0.2) is 30.6 Å². The van der Waals surface area contributed by atoms with Crippen molar-refractivity contribution in [3.05, 3.63) is 76.4 Å². The van der Waals surface area contributed by atoms with Crippen LogP contribution in [0.15, 0.2) is 53.8 Å². The van der Waals surface area contributed by atoms with Gasteiger partial charge in [-0.05, 0) is 24.3 Å². The van der Waals surface area contributed by atoms with Crippen LogP contribution in [0.2, 0.25) is 0 Å². The van der Waals surface area contributed by atoms with Gasteiger partial charge < -0.3 is 10.3 Å². The second-order valence-corrected chi connectivity index (χ2v) is 6.60. The van der Waals surface area contributed by atoms with Crippen LogP contribution in [0.4, 0.5) is 32.0 Å². The lowest BCUT2D eigenvalue weighted by atomic mass is 10.2. The van der Waals surface area contributed by atoms with Crippen LogP contribution in [0, 0.1) is 0 Å². The molecule has 0 saturated carbocycles. The van der Waals surface area contributed by atoms with Gasteiger partial charge in [0.15, 0.2) is 5.69 Å². The van der Waals surface area contributed by atoms with Crippen molar-refractivity contribution in [2.24, 2.45) is 0 Å². The molecule has 0 unspecified atom stereocenters. The first kappa shape index (κ1) is 22.0. The highest BCUT2D eigenvalue weighted by Gasteiger charge is 2.41. The largest absolute Gasteiger partial charge is 0.434 e. The molecule has 4 rings (SSSR count). The van der Waals surface area contributed by atoms with Crippen LogP contribution >= 0.6 is 0 Å². The van der Waals surface area contributed by atoms with E-state index in [2.05, 4.69) is 20.1 Å². The highest BCUT2D eigenvalue weighted by atomic mass is 19.4. The van der Waals surface area contributed by atoms with E-state index >= 15 is 0 Å². The van der Waals surface area contributed by atoms with Gasteiger partial charge in [-0.2, -0.15) is 31.4 Å². The van der Waals surface area contributed by atoms with E-state index < -0.39 is 46.5 Å². The van der Waals surface area contributed by atoms with Gasteiger partial charge in [0.1, 0.15) is 11.2 Å². The Balaban J connectivity index is 1.81. The lowest BCUT2D eigenvalue weighted by molar-refractivity contribution is -0.143. The number of carbonyl (C=O) groups is 1. The smallest absolute Gasteiger partial charge is 0.327 e. The van der Waals surface area contributed by atoms with Gasteiger partial charge in [-0.15, -0.1) is 0 Å². The second kappa shape index (κ2) is 7.72. The molecule has 1 amide bonds. The van der Waals surface area contributed by atoms with E-state index in [0.717, 1.165) is 18.5 Å². The molecule has 8 nitrogen and oxygen atoms in total. The quantitative estimate of drug-likeness (QED) is 0.445. The molecule has 0 spiro atoms. The summed E-state index contributed by atoms with van der Waals surface area (Å²) in [5.41, 5.74) is -5.15. The summed E-state index contributed by atoms with van der Waals surface area (Å²) in [6.07, 6.45) is -6.21. The van der Waals surface area contributed by atoms with E-state index in [1.165, 1.54) is 18.3 Å². The molecular formula is C19H10F6N6O2. The van der Waals surface area contributed by atoms with E-state index in [4.69, 9.17) is 0 Å². The topological polar surface area (TPSA) is 106 Å². The van der Waals surface area contributed by atoms with E-state index in [0.29, 0.717) is 16.9 Å². The molecule has 0 aliphatic carbocycles. The Labute approximate surface area is 178 Å².